The van der Waals surface area contributed by atoms with Gasteiger partial charge >= 0.3 is 0 Å². The maximum atomic E-state index is 11.2. The molecule has 0 fully saturated rings. The van der Waals surface area contributed by atoms with Crippen molar-refractivity contribution in [2.24, 2.45) is 0 Å². The van der Waals surface area contributed by atoms with Crippen LogP contribution in [0, 0.1) is 0 Å². The number of ether oxygens (including phenoxy) is 1. The molecule has 2 heterocycles. The summed E-state index contributed by atoms with van der Waals surface area (Å²) >= 11 is 0. The van der Waals surface area contributed by atoms with Crippen LogP contribution in [0.2, 0.25) is 0 Å². The molecule has 0 saturated heterocycles. The predicted octanol–water partition coefficient (Wildman–Crippen LogP) is 2.95. The smallest absolute Gasteiger partial charge is 0.154 e. The normalized spacial score (nSPS) is 10.4. The molecule has 1 aromatic carbocycles. The standard InChI is InChI=1S/C15H12N2O3/c1-19-13-5-2-4-12(8-13)17-9-11(10-18)15(16-17)14-6-3-7-20-14/h2-10H,1H3. The molecule has 3 aromatic rings. The molecular formula is C15H12N2O3. The molecule has 0 aliphatic carbocycles. The highest BCUT2D eigenvalue weighted by atomic mass is 16.5. The van der Waals surface area contributed by atoms with Crippen LogP contribution in [0.3, 0.4) is 0 Å². The van der Waals surface area contributed by atoms with Crippen molar-refractivity contribution in [3.8, 4) is 22.9 Å². The third-order valence-electron chi connectivity index (χ3n) is 2.94. The highest BCUT2D eigenvalue weighted by Crippen LogP contribution is 2.24. The van der Waals surface area contributed by atoms with Crippen LogP contribution >= 0.6 is 0 Å². The number of benzene rings is 1. The van der Waals surface area contributed by atoms with E-state index in [4.69, 9.17) is 9.15 Å². The maximum absolute atomic E-state index is 11.2. The maximum Gasteiger partial charge on any atom is 0.154 e. The van der Waals surface area contributed by atoms with E-state index in [0.717, 1.165) is 17.7 Å². The Morgan fingerprint density at radius 3 is 2.90 bits per heavy atom. The Morgan fingerprint density at radius 1 is 1.30 bits per heavy atom. The predicted molar refractivity (Wildman–Crippen MR) is 73.2 cm³/mol. The van der Waals surface area contributed by atoms with Crippen LogP contribution in [0.15, 0.2) is 53.3 Å². The third-order valence-corrected chi connectivity index (χ3v) is 2.94. The molecular weight excluding hydrogens is 256 g/mol. The minimum atomic E-state index is 0.475. The molecule has 0 amide bonds. The number of carbonyl (C=O) groups is 1. The zero-order chi connectivity index (χ0) is 13.9. The molecule has 20 heavy (non-hydrogen) atoms. The van der Waals surface area contributed by atoms with Crippen molar-refractivity contribution in [2.45, 2.75) is 0 Å². The fourth-order valence-corrected chi connectivity index (χ4v) is 1.96. The molecule has 0 radical (unpaired) electrons. The second-order valence-corrected chi connectivity index (χ2v) is 4.17. The number of rotatable bonds is 4. The summed E-state index contributed by atoms with van der Waals surface area (Å²) in [5.74, 6) is 1.29. The lowest BCUT2D eigenvalue weighted by Crippen LogP contribution is -1.95. The number of hydrogen-bond acceptors (Lipinski definition) is 4. The number of nitrogens with zero attached hydrogens (tertiary/aromatic N) is 2. The Morgan fingerprint density at radius 2 is 2.20 bits per heavy atom. The van der Waals surface area contributed by atoms with Gasteiger partial charge in [0.05, 0.1) is 24.6 Å². The van der Waals surface area contributed by atoms with Gasteiger partial charge in [-0.15, -0.1) is 0 Å². The van der Waals surface area contributed by atoms with E-state index in [9.17, 15) is 4.79 Å². The van der Waals surface area contributed by atoms with Gasteiger partial charge in [-0.3, -0.25) is 4.79 Å². The monoisotopic (exact) mass is 268 g/mol. The first kappa shape index (κ1) is 12.2. The van der Waals surface area contributed by atoms with E-state index in [0.29, 0.717) is 17.0 Å². The molecule has 100 valence electrons. The zero-order valence-corrected chi connectivity index (χ0v) is 10.8. The molecule has 5 nitrogen and oxygen atoms in total. The summed E-state index contributed by atoms with van der Waals surface area (Å²) in [6.07, 6.45) is 3.98. The second kappa shape index (κ2) is 5.05. The highest BCUT2D eigenvalue weighted by Gasteiger charge is 2.13. The van der Waals surface area contributed by atoms with Crippen LogP contribution < -0.4 is 4.74 Å². The van der Waals surface area contributed by atoms with E-state index < -0.39 is 0 Å². The first-order chi connectivity index (χ1) is 9.81. The number of hydrogen-bond donors (Lipinski definition) is 0. The minimum Gasteiger partial charge on any atom is -0.497 e. The van der Waals surface area contributed by atoms with Gasteiger partial charge in [0.15, 0.2) is 12.0 Å². The Bertz CT molecular complexity index is 729. The molecule has 0 unspecified atom stereocenters. The largest absolute Gasteiger partial charge is 0.497 e. The summed E-state index contributed by atoms with van der Waals surface area (Å²) in [5.41, 5.74) is 1.81. The fourth-order valence-electron chi connectivity index (χ4n) is 1.96. The summed E-state index contributed by atoms with van der Waals surface area (Å²) < 4.78 is 12.1. The molecule has 2 aromatic heterocycles. The number of aldehydes is 1. The van der Waals surface area contributed by atoms with Gasteiger partial charge in [-0.05, 0) is 24.3 Å². The van der Waals surface area contributed by atoms with E-state index in [1.54, 1.807) is 36.4 Å². The van der Waals surface area contributed by atoms with Crippen molar-refractivity contribution in [1.29, 1.82) is 0 Å². The Kier molecular flexibility index (Phi) is 3.09. The van der Waals surface area contributed by atoms with E-state index in [-0.39, 0.29) is 0 Å². The highest BCUT2D eigenvalue weighted by molar-refractivity contribution is 5.84. The lowest BCUT2D eigenvalue weighted by Gasteiger charge is -2.03. The van der Waals surface area contributed by atoms with Gasteiger partial charge in [0.25, 0.3) is 0 Å². The summed E-state index contributed by atoms with van der Waals surface area (Å²) in [6, 6.07) is 11.0. The molecule has 0 N–H and O–H groups in total. The Balaban J connectivity index is 2.09. The van der Waals surface area contributed by atoms with E-state index >= 15 is 0 Å². The van der Waals surface area contributed by atoms with E-state index in [1.165, 1.54) is 0 Å². The summed E-state index contributed by atoms with van der Waals surface area (Å²) in [5, 5.41) is 4.41. The first-order valence-electron chi connectivity index (χ1n) is 6.05. The van der Waals surface area contributed by atoms with Gasteiger partial charge in [0.1, 0.15) is 11.4 Å². The van der Waals surface area contributed by atoms with Crippen molar-refractivity contribution >= 4 is 6.29 Å². The van der Waals surface area contributed by atoms with Crippen molar-refractivity contribution in [1.82, 2.24) is 9.78 Å². The summed E-state index contributed by atoms with van der Waals surface area (Å²) in [6.45, 7) is 0. The van der Waals surface area contributed by atoms with Gasteiger partial charge < -0.3 is 9.15 Å². The van der Waals surface area contributed by atoms with Crippen molar-refractivity contribution in [2.75, 3.05) is 7.11 Å². The lowest BCUT2D eigenvalue weighted by atomic mass is 10.2. The molecule has 0 aliphatic heterocycles. The molecule has 0 saturated carbocycles. The SMILES string of the molecule is COc1cccc(-n2cc(C=O)c(-c3ccco3)n2)c1. The van der Waals surface area contributed by atoms with E-state index in [2.05, 4.69) is 5.10 Å². The first-order valence-corrected chi connectivity index (χ1v) is 6.05. The molecule has 0 spiro atoms. The molecule has 0 aliphatic rings. The zero-order valence-electron chi connectivity index (χ0n) is 10.8. The molecule has 3 rings (SSSR count). The number of aromatic nitrogens is 2. The summed E-state index contributed by atoms with van der Waals surface area (Å²) in [4.78, 5) is 11.2. The van der Waals surface area contributed by atoms with Gasteiger partial charge in [-0.2, -0.15) is 5.10 Å². The van der Waals surface area contributed by atoms with Crippen LogP contribution in [0.25, 0.3) is 17.1 Å². The van der Waals surface area contributed by atoms with Crippen LogP contribution in [0.1, 0.15) is 10.4 Å². The second-order valence-electron chi connectivity index (χ2n) is 4.17. The van der Waals surface area contributed by atoms with E-state index in [1.807, 2.05) is 24.3 Å². The molecule has 0 bridgehead atoms. The van der Waals surface area contributed by atoms with Gasteiger partial charge in [-0.25, -0.2) is 4.68 Å². The van der Waals surface area contributed by atoms with Crippen LogP contribution in [-0.2, 0) is 0 Å². The number of methoxy groups -OCH3 is 1. The quantitative estimate of drug-likeness (QED) is 0.683. The Labute approximate surface area is 115 Å². The van der Waals surface area contributed by atoms with Crippen molar-refractivity contribution in [3.05, 3.63) is 54.4 Å². The average Bonchev–Trinajstić information content (AvgIpc) is 3.15. The van der Waals surface area contributed by atoms with Crippen molar-refractivity contribution < 1.29 is 13.9 Å². The summed E-state index contributed by atoms with van der Waals surface area (Å²) in [7, 11) is 1.60. The topological polar surface area (TPSA) is 57.3 Å². The number of furan rings is 1. The lowest BCUT2D eigenvalue weighted by molar-refractivity contribution is 0.112. The van der Waals surface area contributed by atoms with Gasteiger partial charge in [0.2, 0.25) is 0 Å². The van der Waals surface area contributed by atoms with Gasteiger partial charge in [0, 0.05) is 12.3 Å². The van der Waals surface area contributed by atoms with Crippen LogP contribution in [-0.4, -0.2) is 23.2 Å². The minimum absolute atomic E-state index is 0.475. The number of carbonyl (C=O) groups excluding carboxylic acids is 1. The Hall–Kier alpha value is -2.82. The van der Waals surface area contributed by atoms with Crippen molar-refractivity contribution in [3.63, 3.8) is 0 Å². The van der Waals surface area contributed by atoms with Gasteiger partial charge in [-0.1, -0.05) is 6.07 Å². The van der Waals surface area contributed by atoms with Crippen LogP contribution in [0.5, 0.6) is 5.75 Å². The molecule has 5 heteroatoms. The third kappa shape index (κ3) is 2.09. The molecule has 0 atom stereocenters. The van der Waals surface area contributed by atoms with Crippen LogP contribution in [0.4, 0.5) is 0 Å². The average molecular weight is 268 g/mol. The fraction of sp³-hybridized carbons (Fsp3) is 0.0667.